The molecule has 86 valence electrons. The lowest BCUT2D eigenvalue weighted by atomic mass is 10.5. The van der Waals surface area contributed by atoms with E-state index in [2.05, 4.69) is 0 Å². The second-order valence-corrected chi connectivity index (χ2v) is 3.09. The molecule has 0 aromatic carbocycles. The molecule has 0 fully saturated rings. The summed E-state index contributed by atoms with van der Waals surface area (Å²) in [5, 5.41) is 15.2. The molecule has 0 radical (unpaired) electrons. The Morgan fingerprint density at radius 3 is 1.29 bits per heavy atom. The number of rotatable bonds is 5. The van der Waals surface area contributed by atoms with Gasteiger partial charge in [-0.15, -0.1) is 0 Å². The minimum atomic E-state index is -0.125. The highest BCUT2D eigenvalue weighted by molar-refractivity contribution is 4.63. The number of ether oxygens (including phenoxy) is 2. The number of hydrogen-bond donors (Lipinski definition) is 2. The molecule has 0 saturated carbocycles. The zero-order chi connectivity index (χ0) is 11.4. The minimum Gasteiger partial charge on any atom is -0.495 e. The Kier molecular flexibility index (Phi) is 13.8. The smallest absolute Gasteiger partial charge is 0.118 e. The molecule has 0 aliphatic rings. The van der Waals surface area contributed by atoms with E-state index in [1.54, 1.807) is 12.5 Å². The van der Waals surface area contributed by atoms with E-state index >= 15 is 0 Å². The van der Waals surface area contributed by atoms with Crippen LogP contribution in [-0.2, 0) is 9.47 Å². The van der Waals surface area contributed by atoms with Gasteiger partial charge in [0.1, 0.15) is 12.5 Å². The summed E-state index contributed by atoms with van der Waals surface area (Å²) < 4.78 is 10.2. The van der Waals surface area contributed by atoms with E-state index in [0.29, 0.717) is 0 Å². The molecule has 0 saturated heterocycles. The third-order valence-electron chi connectivity index (χ3n) is 0.857. The first-order valence-corrected chi connectivity index (χ1v) is 4.72. The third kappa shape index (κ3) is 22.5. The van der Waals surface area contributed by atoms with Crippen molar-refractivity contribution < 1.29 is 19.7 Å². The van der Waals surface area contributed by atoms with Crippen LogP contribution >= 0.6 is 0 Å². The number of hydrogen-bond acceptors (Lipinski definition) is 4. The van der Waals surface area contributed by atoms with Gasteiger partial charge in [0.25, 0.3) is 0 Å². The van der Waals surface area contributed by atoms with Gasteiger partial charge in [-0.3, -0.25) is 0 Å². The average Bonchev–Trinajstić information content (AvgIpc) is 2.12. The van der Waals surface area contributed by atoms with Crippen LogP contribution in [0.4, 0.5) is 0 Å². The molecule has 0 aromatic rings. The summed E-state index contributed by atoms with van der Waals surface area (Å²) in [6.07, 6.45) is 3.61. The van der Waals surface area contributed by atoms with Gasteiger partial charge in [0.2, 0.25) is 0 Å². The molecule has 2 N–H and O–H groups in total. The van der Waals surface area contributed by atoms with Crippen LogP contribution in [-0.4, -0.2) is 35.6 Å². The van der Waals surface area contributed by atoms with E-state index in [9.17, 15) is 0 Å². The van der Waals surface area contributed by atoms with Crippen molar-refractivity contribution in [2.75, 3.05) is 13.2 Å². The third-order valence-corrected chi connectivity index (χ3v) is 0.857. The summed E-state index contributed by atoms with van der Waals surface area (Å²) >= 11 is 0. The first kappa shape index (κ1) is 15.7. The van der Waals surface area contributed by atoms with Gasteiger partial charge in [-0.25, -0.2) is 0 Å². The molecule has 0 aromatic heterocycles. The van der Waals surface area contributed by atoms with Crippen molar-refractivity contribution in [3.05, 3.63) is 12.5 Å². The van der Waals surface area contributed by atoms with E-state index in [1.807, 2.05) is 27.7 Å². The summed E-state index contributed by atoms with van der Waals surface area (Å²) in [4.78, 5) is 0. The van der Waals surface area contributed by atoms with E-state index in [4.69, 9.17) is 19.7 Å². The molecule has 0 heterocycles. The Labute approximate surface area is 86.2 Å². The molecule has 0 aliphatic heterocycles. The lowest BCUT2D eigenvalue weighted by Gasteiger charge is -2.05. The van der Waals surface area contributed by atoms with Crippen LogP contribution in [0.2, 0.25) is 0 Å². The van der Waals surface area contributed by atoms with Crippen LogP contribution < -0.4 is 0 Å². The Bertz CT molecular complexity index is 107. The molecule has 0 amide bonds. The van der Waals surface area contributed by atoms with Crippen LogP contribution in [0.3, 0.4) is 0 Å². The molecule has 0 aliphatic carbocycles. The maximum atomic E-state index is 7.62. The highest BCUT2D eigenvalue weighted by Gasteiger charge is 1.87. The maximum absolute atomic E-state index is 7.62. The van der Waals surface area contributed by atoms with Crippen LogP contribution in [0, 0.1) is 0 Å². The van der Waals surface area contributed by atoms with Crippen LogP contribution in [0.25, 0.3) is 0 Å². The Hall–Kier alpha value is -0.740. The van der Waals surface area contributed by atoms with E-state index in [-0.39, 0.29) is 25.4 Å². The predicted octanol–water partition coefficient (Wildman–Crippen LogP) is 1.28. The molecular formula is C10H22O4. The Morgan fingerprint density at radius 1 is 0.857 bits per heavy atom. The number of aliphatic hydroxyl groups excluding tert-OH is 2. The van der Waals surface area contributed by atoms with Crippen molar-refractivity contribution in [1.29, 1.82) is 0 Å². The molecule has 0 rings (SSSR count). The quantitative estimate of drug-likeness (QED) is 0.665. The first-order valence-electron chi connectivity index (χ1n) is 4.72. The van der Waals surface area contributed by atoms with Gasteiger partial charge in [0.05, 0.1) is 25.4 Å². The van der Waals surface area contributed by atoms with Crippen molar-refractivity contribution >= 4 is 0 Å². The maximum Gasteiger partial charge on any atom is 0.118 e. The topological polar surface area (TPSA) is 58.9 Å². The van der Waals surface area contributed by atoms with Crippen LogP contribution in [0.1, 0.15) is 27.7 Å². The molecule has 14 heavy (non-hydrogen) atoms. The highest BCUT2D eigenvalue weighted by atomic mass is 16.5. The summed E-state index contributed by atoms with van der Waals surface area (Å²) in [6, 6.07) is 0. The molecule has 4 heteroatoms. The van der Waals surface area contributed by atoms with Crippen LogP contribution in [0.15, 0.2) is 12.5 Å². The van der Waals surface area contributed by atoms with Gasteiger partial charge in [0.15, 0.2) is 0 Å². The fourth-order valence-corrected chi connectivity index (χ4v) is 0.378. The zero-order valence-electron chi connectivity index (χ0n) is 9.43. The molecule has 0 atom stereocenters. The van der Waals surface area contributed by atoms with Gasteiger partial charge in [-0.1, -0.05) is 0 Å². The van der Waals surface area contributed by atoms with Gasteiger partial charge < -0.3 is 19.7 Å². The van der Waals surface area contributed by atoms with Crippen molar-refractivity contribution in [3.63, 3.8) is 0 Å². The second kappa shape index (κ2) is 12.3. The Morgan fingerprint density at radius 2 is 1.14 bits per heavy atom. The minimum absolute atomic E-state index is 0.125. The summed E-state index contributed by atoms with van der Waals surface area (Å²) in [5.74, 6) is 0. The molecule has 0 bridgehead atoms. The van der Waals surface area contributed by atoms with E-state index in [0.717, 1.165) is 0 Å². The SMILES string of the molecule is CC(C)O/C=C/OC(C)C.OCCO. The van der Waals surface area contributed by atoms with Gasteiger partial charge in [-0.05, 0) is 27.7 Å². The van der Waals surface area contributed by atoms with Crippen molar-refractivity contribution in [3.8, 4) is 0 Å². The van der Waals surface area contributed by atoms with Crippen LogP contribution in [0.5, 0.6) is 0 Å². The summed E-state index contributed by atoms with van der Waals surface area (Å²) in [7, 11) is 0. The fourth-order valence-electron chi connectivity index (χ4n) is 0.378. The van der Waals surface area contributed by atoms with E-state index < -0.39 is 0 Å². The van der Waals surface area contributed by atoms with Crippen molar-refractivity contribution in [2.24, 2.45) is 0 Å². The summed E-state index contributed by atoms with van der Waals surface area (Å²) in [6.45, 7) is 7.64. The summed E-state index contributed by atoms with van der Waals surface area (Å²) in [5.41, 5.74) is 0. The van der Waals surface area contributed by atoms with Gasteiger partial charge >= 0.3 is 0 Å². The Balaban J connectivity index is 0. The van der Waals surface area contributed by atoms with Crippen molar-refractivity contribution in [2.45, 2.75) is 39.9 Å². The molecule has 4 nitrogen and oxygen atoms in total. The normalized spacial score (nSPS) is 10.3. The first-order chi connectivity index (χ1) is 6.54. The molecule has 0 unspecified atom stereocenters. The lowest BCUT2D eigenvalue weighted by molar-refractivity contribution is 0.139. The second-order valence-electron chi connectivity index (χ2n) is 3.09. The largest absolute Gasteiger partial charge is 0.495 e. The van der Waals surface area contributed by atoms with Gasteiger partial charge in [-0.2, -0.15) is 0 Å². The molecular weight excluding hydrogens is 184 g/mol. The average molecular weight is 206 g/mol. The monoisotopic (exact) mass is 206 g/mol. The van der Waals surface area contributed by atoms with E-state index in [1.165, 1.54) is 0 Å². The molecule has 0 spiro atoms. The standard InChI is InChI=1S/C8H16O2.C2H6O2/c1-7(2)9-5-6-10-8(3)4;3-1-2-4/h5-8H,1-4H3;3-4H,1-2H2/b6-5+;. The zero-order valence-corrected chi connectivity index (χ0v) is 9.43. The lowest BCUT2D eigenvalue weighted by Crippen LogP contribution is -1.98. The van der Waals surface area contributed by atoms with Crippen molar-refractivity contribution in [1.82, 2.24) is 0 Å². The number of aliphatic hydroxyl groups is 2. The highest BCUT2D eigenvalue weighted by Crippen LogP contribution is 1.91. The van der Waals surface area contributed by atoms with Gasteiger partial charge in [0, 0.05) is 0 Å². The fraction of sp³-hybridized carbons (Fsp3) is 0.800. The predicted molar refractivity (Wildman–Crippen MR) is 55.8 cm³/mol.